The molecule has 0 bridgehead atoms. The average molecular weight is 505 g/mol. The third-order valence-electron chi connectivity index (χ3n) is 6.03. The number of carbonyl (C=O) groups is 2. The van der Waals surface area contributed by atoms with Gasteiger partial charge in [0.1, 0.15) is 29.1 Å². The van der Waals surface area contributed by atoms with E-state index in [1.807, 2.05) is 25.1 Å². The van der Waals surface area contributed by atoms with Gasteiger partial charge in [0.15, 0.2) is 5.13 Å². The highest BCUT2D eigenvalue weighted by molar-refractivity contribution is 7.22. The third kappa shape index (κ3) is 3.87. The lowest BCUT2D eigenvalue weighted by Crippen LogP contribution is -2.29. The molecule has 182 valence electrons. The maximum absolute atomic E-state index is 13.5. The molecule has 7 nitrogen and oxygen atoms in total. The second-order valence-corrected chi connectivity index (χ2v) is 9.26. The van der Waals surface area contributed by atoms with Crippen molar-refractivity contribution in [1.82, 2.24) is 4.98 Å². The molecule has 0 saturated carbocycles. The van der Waals surface area contributed by atoms with E-state index < -0.39 is 29.3 Å². The van der Waals surface area contributed by atoms with Crippen LogP contribution in [0.3, 0.4) is 0 Å². The smallest absolute Gasteiger partial charge is 0.301 e. The average Bonchev–Trinajstić information content (AvgIpc) is 3.41. The van der Waals surface area contributed by atoms with Crippen LogP contribution < -0.4 is 14.4 Å². The molecule has 1 aliphatic rings. The number of anilines is 1. The Morgan fingerprint density at radius 3 is 2.47 bits per heavy atom. The van der Waals surface area contributed by atoms with Crippen LogP contribution in [-0.2, 0) is 9.59 Å². The number of ether oxygens (including phenoxy) is 2. The van der Waals surface area contributed by atoms with Gasteiger partial charge < -0.3 is 14.6 Å². The van der Waals surface area contributed by atoms with E-state index in [0.717, 1.165) is 10.3 Å². The number of fused-ring (bicyclic) bond motifs is 1. The molecular formula is C27H21FN2O5S. The van der Waals surface area contributed by atoms with E-state index in [-0.39, 0.29) is 11.1 Å². The Kier molecular flexibility index (Phi) is 5.93. The molecule has 0 radical (unpaired) electrons. The third-order valence-corrected chi connectivity index (χ3v) is 7.05. The molecule has 4 aromatic rings. The molecule has 1 fully saturated rings. The van der Waals surface area contributed by atoms with Gasteiger partial charge in [0.05, 0.1) is 30.0 Å². The topological polar surface area (TPSA) is 89.0 Å². The van der Waals surface area contributed by atoms with E-state index in [2.05, 4.69) is 4.98 Å². The molecule has 0 aliphatic carbocycles. The summed E-state index contributed by atoms with van der Waals surface area (Å²) in [4.78, 5) is 32.7. The Morgan fingerprint density at radius 2 is 1.78 bits per heavy atom. The van der Waals surface area contributed by atoms with Crippen LogP contribution in [0.5, 0.6) is 11.5 Å². The first-order valence-corrected chi connectivity index (χ1v) is 11.8. The predicted molar refractivity (Wildman–Crippen MR) is 135 cm³/mol. The van der Waals surface area contributed by atoms with E-state index in [1.165, 1.54) is 54.7 Å². The van der Waals surface area contributed by atoms with Crippen LogP contribution in [0.15, 0.2) is 66.2 Å². The SMILES string of the molecule is COc1ccc(OC)c([C@@H]2/C(=C(\O)c3ccc(F)cc3)C(=O)C(=O)N2c2nc3ccc(C)cc3s2)c1. The number of thiazole rings is 1. The quantitative estimate of drug-likeness (QED) is 0.223. The number of amides is 1. The number of Topliss-reactive ketones (excluding diaryl/α,β-unsaturated/α-hetero) is 1. The van der Waals surface area contributed by atoms with Gasteiger partial charge in [-0.2, -0.15) is 0 Å². The fraction of sp³-hybridized carbons (Fsp3) is 0.148. The number of halogens is 1. The van der Waals surface area contributed by atoms with Gasteiger partial charge in [-0.1, -0.05) is 17.4 Å². The largest absolute Gasteiger partial charge is 0.507 e. The van der Waals surface area contributed by atoms with Gasteiger partial charge in [-0.25, -0.2) is 9.37 Å². The molecular weight excluding hydrogens is 483 g/mol. The summed E-state index contributed by atoms with van der Waals surface area (Å²) >= 11 is 1.26. The second-order valence-electron chi connectivity index (χ2n) is 8.25. The molecule has 1 aliphatic heterocycles. The first-order chi connectivity index (χ1) is 17.3. The molecule has 2 heterocycles. The van der Waals surface area contributed by atoms with Gasteiger partial charge in [-0.15, -0.1) is 0 Å². The minimum Gasteiger partial charge on any atom is -0.507 e. The van der Waals surface area contributed by atoms with Crippen molar-refractivity contribution in [2.75, 3.05) is 19.1 Å². The van der Waals surface area contributed by atoms with Crippen molar-refractivity contribution in [3.63, 3.8) is 0 Å². The Hall–Kier alpha value is -4.24. The molecule has 5 rings (SSSR count). The van der Waals surface area contributed by atoms with Gasteiger partial charge in [0.2, 0.25) is 0 Å². The van der Waals surface area contributed by atoms with E-state index in [9.17, 15) is 19.1 Å². The first kappa shape index (κ1) is 23.5. The lowest BCUT2D eigenvalue weighted by Gasteiger charge is -2.25. The van der Waals surface area contributed by atoms with Crippen molar-refractivity contribution in [3.05, 3.63) is 88.7 Å². The summed E-state index contributed by atoms with van der Waals surface area (Å²) < 4.78 is 25.3. The van der Waals surface area contributed by atoms with Gasteiger partial charge in [0, 0.05) is 11.1 Å². The summed E-state index contributed by atoms with van der Waals surface area (Å²) in [6.07, 6.45) is 0. The molecule has 1 amide bonds. The monoisotopic (exact) mass is 504 g/mol. The molecule has 1 N–H and O–H groups in total. The van der Waals surface area contributed by atoms with Crippen LogP contribution in [-0.4, -0.2) is 36.0 Å². The van der Waals surface area contributed by atoms with Crippen LogP contribution in [0.4, 0.5) is 9.52 Å². The second kappa shape index (κ2) is 9.09. The van der Waals surface area contributed by atoms with E-state index in [4.69, 9.17) is 9.47 Å². The number of hydrogen-bond acceptors (Lipinski definition) is 7. The molecule has 3 aromatic carbocycles. The van der Waals surface area contributed by atoms with Gasteiger partial charge in [0.25, 0.3) is 5.78 Å². The zero-order chi connectivity index (χ0) is 25.6. The van der Waals surface area contributed by atoms with Crippen LogP contribution >= 0.6 is 11.3 Å². The molecule has 1 aromatic heterocycles. The Labute approximate surface area is 210 Å². The van der Waals surface area contributed by atoms with Crippen molar-refractivity contribution in [2.24, 2.45) is 0 Å². The summed E-state index contributed by atoms with van der Waals surface area (Å²) in [5.74, 6) is -1.80. The lowest BCUT2D eigenvalue weighted by molar-refractivity contribution is -0.132. The zero-order valence-corrected chi connectivity index (χ0v) is 20.4. The van der Waals surface area contributed by atoms with E-state index >= 15 is 0 Å². The molecule has 9 heteroatoms. The zero-order valence-electron chi connectivity index (χ0n) is 19.6. The standard InChI is InChI=1S/C27H21FN2O5S/c1-14-4-10-19-21(12-14)36-27(29-19)30-23(18-13-17(34-2)9-11-20(18)35-3)22(25(32)26(30)33)24(31)15-5-7-16(28)8-6-15/h4-13,23,31H,1-3H3/b24-22+/t23-/m1/s1. The van der Waals surface area contributed by atoms with Crippen LogP contribution in [0.2, 0.25) is 0 Å². The summed E-state index contributed by atoms with van der Waals surface area (Å²) in [5, 5.41) is 11.5. The number of hydrogen-bond donors (Lipinski definition) is 1. The van der Waals surface area contributed by atoms with E-state index in [1.54, 1.807) is 18.2 Å². The van der Waals surface area contributed by atoms with Crippen molar-refractivity contribution in [2.45, 2.75) is 13.0 Å². The van der Waals surface area contributed by atoms with Crippen molar-refractivity contribution in [3.8, 4) is 11.5 Å². The number of benzene rings is 3. The fourth-order valence-electron chi connectivity index (χ4n) is 4.26. The number of aliphatic hydroxyl groups excluding tert-OH is 1. The summed E-state index contributed by atoms with van der Waals surface area (Å²) in [6.45, 7) is 1.95. The maximum Gasteiger partial charge on any atom is 0.301 e. The summed E-state index contributed by atoms with van der Waals surface area (Å²) in [6, 6.07) is 14.7. The van der Waals surface area contributed by atoms with E-state index in [0.29, 0.717) is 27.7 Å². The Balaban J connectivity index is 1.78. The number of ketones is 1. The molecule has 1 saturated heterocycles. The molecule has 0 unspecified atom stereocenters. The van der Waals surface area contributed by atoms with Gasteiger partial charge in [-0.05, 0) is 67.1 Å². The number of aromatic nitrogens is 1. The fourth-order valence-corrected chi connectivity index (χ4v) is 5.35. The van der Waals surface area contributed by atoms with Gasteiger partial charge >= 0.3 is 5.91 Å². The van der Waals surface area contributed by atoms with Crippen LogP contribution in [0.25, 0.3) is 16.0 Å². The van der Waals surface area contributed by atoms with Crippen LogP contribution in [0.1, 0.15) is 22.7 Å². The highest BCUT2D eigenvalue weighted by atomic mass is 32.1. The minimum absolute atomic E-state index is 0.159. The molecule has 36 heavy (non-hydrogen) atoms. The van der Waals surface area contributed by atoms with Crippen molar-refractivity contribution < 1.29 is 28.6 Å². The minimum atomic E-state index is -1.07. The maximum atomic E-state index is 13.5. The lowest BCUT2D eigenvalue weighted by atomic mass is 9.94. The highest BCUT2D eigenvalue weighted by Crippen LogP contribution is 2.47. The Bertz CT molecular complexity index is 1540. The summed E-state index contributed by atoms with van der Waals surface area (Å²) in [7, 11) is 2.97. The predicted octanol–water partition coefficient (Wildman–Crippen LogP) is 5.39. The first-order valence-electron chi connectivity index (χ1n) is 11.0. The Morgan fingerprint density at radius 1 is 1.03 bits per heavy atom. The number of nitrogens with zero attached hydrogens (tertiary/aromatic N) is 2. The number of methoxy groups -OCH3 is 2. The number of rotatable bonds is 5. The van der Waals surface area contributed by atoms with Crippen molar-refractivity contribution in [1.29, 1.82) is 0 Å². The van der Waals surface area contributed by atoms with Crippen molar-refractivity contribution >= 4 is 44.1 Å². The number of aliphatic hydroxyl groups is 1. The summed E-state index contributed by atoms with van der Waals surface area (Å²) in [5.41, 5.74) is 2.17. The number of aryl methyl sites for hydroxylation is 1. The van der Waals surface area contributed by atoms with Crippen LogP contribution in [0, 0.1) is 12.7 Å². The number of carbonyl (C=O) groups excluding carboxylic acids is 2. The molecule has 0 spiro atoms. The highest BCUT2D eigenvalue weighted by Gasteiger charge is 2.49. The van der Waals surface area contributed by atoms with Gasteiger partial charge in [-0.3, -0.25) is 14.5 Å². The molecule has 1 atom stereocenters. The normalized spacial score (nSPS) is 17.1.